The van der Waals surface area contributed by atoms with Crippen molar-refractivity contribution in [3.63, 3.8) is 0 Å². The molecule has 2 atom stereocenters. The second-order valence-electron chi connectivity index (χ2n) is 5.91. The maximum absolute atomic E-state index is 12.8. The molecule has 1 N–H and O–H groups in total. The quantitative estimate of drug-likeness (QED) is 0.842. The third-order valence-electron chi connectivity index (χ3n) is 4.69. The van der Waals surface area contributed by atoms with E-state index in [0.29, 0.717) is 17.5 Å². The van der Waals surface area contributed by atoms with Crippen LogP contribution >= 0.6 is 15.9 Å². The van der Waals surface area contributed by atoms with Gasteiger partial charge in [0, 0.05) is 17.1 Å². The molecular formula is C16H20BrNO2. The lowest BCUT2D eigenvalue weighted by Crippen LogP contribution is -2.49. The monoisotopic (exact) mass is 337 g/mol. The standard InChI is InChI=1S/C16H20BrNO2/c17-12-7-8-15(19)13(10-12)16(20)18-9-3-5-11-4-1-2-6-14(11)18/h7-8,10-11,14,19H,1-6,9H2/t11-,14-/m1/s1. The van der Waals surface area contributed by atoms with E-state index in [1.165, 1.54) is 25.7 Å². The van der Waals surface area contributed by atoms with E-state index in [1.807, 2.05) is 4.90 Å². The van der Waals surface area contributed by atoms with Gasteiger partial charge in [-0.15, -0.1) is 0 Å². The van der Waals surface area contributed by atoms with Crippen LogP contribution in [-0.2, 0) is 0 Å². The fraction of sp³-hybridized carbons (Fsp3) is 0.562. The first kappa shape index (κ1) is 13.9. The van der Waals surface area contributed by atoms with E-state index in [9.17, 15) is 9.90 Å². The summed E-state index contributed by atoms with van der Waals surface area (Å²) in [5, 5.41) is 9.96. The largest absolute Gasteiger partial charge is 0.507 e. The minimum Gasteiger partial charge on any atom is -0.507 e. The molecule has 1 aliphatic heterocycles. The van der Waals surface area contributed by atoms with Crippen molar-refractivity contribution in [1.82, 2.24) is 4.90 Å². The molecule has 0 bridgehead atoms. The Morgan fingerprint density at radius 3 is 2.80 bits per heavy atom. The molecule has 0 aromatic heterocycles. The number of hydrogen-bond acceptors (Lipinski definition) is 2. The van der Waals surface area contributed by atoms with Gasteiger partial charge in [-0.05, 0) is 49.8 Å². The van der Waals surface area contributed by atoms with Crippen molar-refractivity contribution in [2.75, 3.05) is 6.54 Å². The third-order valence-corrected chi connectivity index (χ3v) is 5.19. The molecule has 0 unspecified atom stereocenters. The van der Waals surface area contributed by atoms with Gasteiger partial charge < -0.3 is 10.0 Å². The highest BCUT2D eigenvalue weighted by Crippen LogP contribution is 2.36. The van der Waals surface area contributed by atoms with Gasteiger partial charge in [0.05, 0.1) is 5.56 Å². The summed E-state index contributed by atoms with van der Waals surface area (Å²) in [4.78, 5) is 14.8. The number of rotatable bonds is 1. The number of carbonyl (C=O) groups is 1. The summed E-state index contributed by atoms with van der Waals surface area (Å²) >= 11 is 3.38. The van der Waals surface area contributed by atoms with Crippen LogP contribution in [0.4, 0.5) is 0 Å². The molecular weight excluding hydrogens is 318 g/mol. The number of piperidine rings is 1. The molecule has 3 rings (SSSR count). The van der Waals surface area contributed by atoms with Gasteiger partial charge in [-0.3, -0.25) is 4.79 Å². The van der Waals surface area contributed by atoms with E-state index in [-0.39, 0.29) is 11.7 Å². The van der Waals surface area contributed by atoms with Crippen LogP contribution in [0.5, 0.6) is 5.75 Å². The molecule has 0 radical (unpaired) electrons. The van der Waals surface area contributed by atoms with Crippen LogP contribution in [0.15, 0.2) is 22.7 Å². The van der Waals surface area contributed by atoms with Crippen LogP contribution in [-0.4, -0.2) is 28.5 Å². The Morgan fingerprint density at radius 2 is 1.95 bits per heavy atom. The minimum atomic E-state index is -0.0135. The van der Waals surface area contributed by atoms with Gasteiger partial charge in [0.1, 0.15) is 5.75 Å². The molecule has 3 nitrogen and oxygen atoms in total. The Bertz CT molecular complexity index is 515. The van der Waals surface area contributed by atoms with Crippen LogP contribution in [0.25, 0.3) is 0 Å². The number of phenolic OH excluding ortho intramolecular Hbond substituents is 1. The fourth-order valence-corrected chi connectivity index (χ4v) is 4.07. The SMILES string of the molecule is O=C(c1cc(Br)ccc1O)N1CCC[C@H]2CCCC[C@H]21. The van der Waals surface area contributed by atoms with Crippen LogP contribution in [0, 0.1) is 5.92 Å². The first-order chi connectivity index (χ1) is 9.66. The normalized spacial score (nSPS) is 26.1. The molecule has 2 aliphatic rings. The topological polar surface area (TPSA) is 40.5 Å². The summed E-state index contributed by atoms with van der Waals surface area (Å²) in [6.07, 6.45) is 7.21. The molecule has 1 saturated carbocycles. The summed E-state index contributed by atoms with van der Waals surface area (Å²) in [6.45, 7) is 0.825. The number of hydrogen-bond donors (Lipinski definition) is 1. The Morgan fingerprint density at radius 1 is 1.20 bits per heavy atom. The van der Waals surface area contributed by atoms with Crippen LogP contribution < -0.4 is 0 Å². The van der Waals surface area contributed by atoms with Crippen LogP contribution in [0.3, 0.4) is 0 Å². The van der Waals surface area contributed by atoms with Crippen molar-refractivity contribution in [3.8, 4) is 5.75 Å². The predicted octanol–water partition coefficient (Wildman–Crippen LogP) is 3.95. The molecule has 1 heterocycles. The first-order valence-corrected chi connectivity index (χ1v) is 8.25. The molecule has 108 valence electrons. The molecule has 0 spiro atoms. The number of benzene rings is 1. The molecule has 1 amide bonds. The number of aromatic hydroxyl groups is 1. The summed E-state index contributed by atoms with van der Waals surface area (Å²) in [6, 6.07) is 5.44. The van der Waals surface area contributed by atoms with Gasteiger partial charge in [-0.25, -0.2) is 0 Å². The van der Waals surface area contributed by atoms with E-state index in [4.69, 9.17) is 0 Å². The lowest BCUT2D eigenvalue weighted by Gasteiger charge is -2.44. The van der Waals surface area contributed by atoms with E-state index in [1.54, 1.807) is 18.2 Å². The van der Waals surface area contributed by atoms with Crippen molar-refractivity contribution in [3.05, 3.63) is 28.2 Å². The highest BCUT2D eigenvalue weighted by Gasteiger charge is 2.36. The van der Waals surface area contributed by atoms with Crippen molar-refractivity contribution < 1.29 is 9.90 Å². The Balaban J connectivity index is 1.87. The summed E-state index contributed by atoms with van der Waals surface area (Å²) in [7, 11) is 0. The van der Waals surface area contributed by atoms with Crippen molar-refractivity contribution in [2.45, 2.75) is 44.6 Å². The van der Waals surface area contributed by atoms with Gasteiger partial charge >= 0.3 is 0 Å². The van der Waals surface area contributed by atoms with E-state index in [0.717, 1.165) is 23.9 Å². The number of likely N-dealkylation sites (tertiary alicyclic amines) is 1. The fourth-order valence-electron chi connectivity index (χ4n) is 3.71. The third kappa shape index (κ3) is 2.58. The van der Waals surface area contributed by atoms with Gasteiger partial charge in [-0.1, -0.05) is 28.8 Å². The van der Waals surface area contributed by atoms with Crippen LogP contribution in [0.2, 0.25) is 0 Å². The molecule has 20 heavy (non-hydrogen) atoms. The van der Waals surface area contributed by atoms with E-state index in [2.05, 4.69) is 15.9 Å². The maximum Gasteiger partial charge on any atom is 0.257 e. The number of carbonyl (C=O) groups excluding carboxylic acids is 1. The number of halogens is 1. The molecule has 2 fully saturated rings. The maximum atomic E-state index is 12.8. The molecule has 4 heteroatoms. The highest BCUT2D eigenvalue weighted by molar-refractivity contribution is 9.10. The molecule has 1 aromatic rings. The number of phenols is 1. The Labute approximate surface area is 128 Å². The zero-order chi connectivity index (χ0) is 14.1. The zero-order valence-corrected chi connectivity index (χ0v) is 13.1. The Hall–Kier alpha value is -1.03. The lowest BCUT2D eigenvalue weighted by molar-refractivity contribution is 0.0388. The number of fused-ring (bicyclic) bond motifs is 1. The van der Waals surface area contributed by atoms with Crippen molar-refractivity contribution in [1.29, 1.82) is 0 Å². The van der Waals surface area contributed by atoms with Crippen LogP contribution in [0.1, 0.15) is 48.9 Å². The van der Waals surface area contributed by atoms with Gasteiger partial charge in [0.25, 0.3) is 5.91 Å². The van der Waals surface area contributed by atoms with Gasteiger partial charge in [0.15, 0.2) is 0 Å². The summed E-state index contributed by atoms with van der Waals surface area (Å²) in [5.41, 5.74) is 0.422. The van der Waals surface area contributed by atoms with Crippen molar-refractivity contribution >= 4 is 21.8 Å². The Kier molecular flexibility index (Phi) is 4.01. The smallest absolute Gasteiger partial charge is 0.257 e. The second-order valence-corrected chi connectivity index (χ2v) is 6.83. The molecule has 1 saturated heterocycles. The zero-order valence-electron chi connectivity index (χ0n) is 11.5. The summed E-state index contributed by atoms with van der Waals surface area (Å²) in [5.74, 6) is 0.729. The van der Waals surface area contributed by atoms with E-state index >= 15 is 0 Å². The predicted molar refractivity (Wildman–Crippen MR) is 81.8 cm³/mol. The van der Waals surface area contributed by atoms with Gasteiger partial charge in [0.2, 0.25) is 0 Å². The second kappa shape index (κ2) is 5.76. The highest BCUT2D eigenvalue weighted by atomic mass is 79.9. The average Bonchev–Trinajstić information content (AvgIpc) is 2.48. The molecule has 1 aliphatic carbocycles. The molecule has 1 aromatic carbocycles. The first-order valence-electron chi connectivity index (χ1n) is 7.46. The number of nitrogens with zero attached hydrogens (tertiary/aromatic N) is 1. The minimum absolute atomic E-state index is 0.0135. The number of amides is 1. The van der Waals surface area contributed by atoms with E-state index < -0.39 is 0 Å². The van der Waals surface area contributed by atoms with Crippen molar-refractivity contribution in [2.24, 2.45) is 5.92 Å². The summed E-state index contributed by atoms with van der Waals surface area (Å²) < 4.78 is 0.829. The van der Waals surface area contributed by atoms with Gasteiger partial charge in [-0.2, -0.15) is 0 Å². The lowest BCUT2D eigenvalue weighted by atomic mass is 9.78. The average molecular weight is 338 g/mol.